The summed E-state index contributed by atoms with van der Waals surface area (Å²) in [5.41, 5.74) is 2.29. The fraction of sp³-hybridized carbons (Fsp3) is 0.667. The van der Waals surface area contributed by atoms with Gasteiger partial charge in [0.05, 0.1) is 5.69 Å². The Kier molecular flexibility index (Phi) is 3.92. The smallest absolute Gasteiger partial charge is 0.0638 e. The van der Waals surface area contributed by atoms with Crippen molar-refractivity contribution in [3.63, 3.8) is 0 Å². The highest BCUT2D eigenvalue weighted by Crippen LogP contribution is 2.03. The van der Waals surface area contributed by atoms with Crippen LogP contribution < -0.4 is 5.32 Å². The van der Waals surface area contributed by atoms with Gasteiger partial charge in [0.25, 0.3) is 0 Å². The van der Waals surface area contributed by atoms with E-state index in [4.69, 9.17) is 5.11 Å². The van der Waals surface area contributed by atoms with Crippen LogP contribution in [0.25, 0.3) is 0 Å². The molecule has 1 rings (SSSR count). The maximum atomic E-state index is 8.57. The first-order valence-electron chi connectivity index (χ1n) is 4.54. The summed E-state index contributed by atoms with van der Waals surface area (Å²) in [6.07, 6.45) is 2.82. The number of rotatable bonds is 5. The van der Waals surface area contributed by atoms with Crippen LogP contribution in [0, 0.1) is 6.92 Å². The molecular formula is C9H17N3O. The molecule has 0 bridgehead atoms. The third-order valence-corrected chi connectivity index (χ3v) is 1.94. The zero-order valence-corrected chi connectivity index (χ0v) is 8.25. The van der Waals surface area contributed by atoms with E-state index in [-0.39, 0.29) is 6.61 Å². The van der Waals surface area contributed by atoms with Gasteiger partial charge in [0.2, 0.25) is 0 Å². The molecule has 0 spiro atoms. The lowest BCUT2D eigenvalue weighted by Gasteiger charge is -2.01. The Morgan fingerprint density at radius 1 is 1.62 bits per heavy atom. The number of aliphatic hydroxyl groups is 1. The molecule has 0 unspecified atom stereocenters. The summed E-state index contributed by atoms with van der Waals surface area (Å²) in [4.78, 5) is 0. The molecule has 0 aromatic carbocycles. The third-order valence-electron chi connectivity index (χ3n) is 1.94. The predicted molar refractivity (Wildman–Crippen MR) is 51.4 cm³/mol. The van der Waals surface area contributed by atoms with E-state index >= 15 is 0 Å². The van der Waals surface area contributed by atoms with E-state index in [2.05, 4.69) is 10.4 Å². The number of hydrogen-bond acceptors (Lipinski definition) is 3. The molecule has 0 saturated heterocycles. The van der Waals surface area contributed by atoms with Crippen molar-refractivity contribution in [2.45, 2.75) is 19.9 Å². The van der Waals surface area contributed by atoms with Gasteiger partial charge in [-0.1, -0.05) is 0 Å². The van der Waals surface area contributed by atoms with Crippen LogP contribution in [0.3, 0.4) is 0 Å². The molecule has 0 radical (unpaired) electrons. The van der Waals surface area contributed by atoms with Gasteiger partial charge in [-0.3, -0.25) is 4.68 Å². The summed E-state index contributed by atoms with van der Waals surface area (Å²) in [6, 6.07) is 0. The summed E-state index contributed by atoms with van der Waals surface area (Å²) in [6.45, 7) is 3.94. The Hall–Kier alpha value is -0.870. The molecule has 13 heavy (non-hydrogen) atoms. The molecule has 1 heterocycles. The molecule has 1 aromatic rings. The Morgan fingerprint density at radius 2 is 2.38 bits per heavy atom. The van der Waals surface area contributed by atoms with Crippen molar-refractivity contribution in [2.24, 2.45) is 7.05 Å². The number of nitrogens with one attached hydrogen (secondary N) is 1. The average Bonchev–Trinajstić information content (AvgIpc) is 2.39. The minimum Gasteiger partial charge on any atom is -0.396 e. The van der Waals surface area contributed by atoms with Crippen LogP contribution in [0.4, 0.5) is 0 Å². The minimum absolute atomic E-state index is 0.249. The molecule has 1 aromatic heterocycles. The molecule has 0 aliphatic rings. The van der Waals surface area contributed by atoms with E-state index in [1.54, 1.807) is 0 Å². The summed E-state index contributed by atoms with van der Waals surface area (Å²) >= 11 is 0. The van der Waals surface area contributed by atoms with Crippen LogP contribution in [0.2, 0.25) is 0 Å². The molecule has 0 fully saturated rings. The maximum Gasteiger partial charge on any atom is 0.0638 e. The van der Waals surface area contributed by atoms with Gasteiger partial charge in [-0.05, 0) is 19.9 Å². The molecule has 74 valence electrons. The van der Waals surface area contributed by atoms with Crippen molar-refractivity contribution in [3.05, 3.63) is 17.5 Å². The molecular weight excluding hydrogens is 166 g/mol. The summed E-state index contributed by atoms with van der Waals surface area (Å²) < 4.78 is 1.82. The highest BCUT2D eigenvalue weighted by atomic mass is 16.3. The van der Waals surface area contributed by atoms with Crippen molar-refractivity contribution in [3.8, 4) is 0 Å². The van der Waals surface area contributed by atoms with Gasteiger partial charge in [-0.25, -0.2) is 0 Å². The lowest BCUT2D eigenvalue weighted by atomic mass is 10.2. The van der Waals surface area contributed by atoms with Crippen molar-refractivity contribution in [1.29, 1.82) is 0 Å². The van der Waals surface area contributed by atoms with E-state index < -0.39 is 0 Å². The Balaban J connectivity index is 2.32. The molecule has 4 nitrogen and oxygen atoms in total. The zero-order chi connectivity index (χ0) is 9.68. The van der Waals surface area contributed by atoms with Crippen LogP contribution in [0.1, 0.15) is 17.7 Å². The molecule has 2 N–H and O–H groups in total. The Bertz CT molecular complexity index is 257. The highest BCUT2D eigenvalue weighted by Gasteiger charge is 2.00. The average molecular weight is 183 g/mol. The first-order valence-corrected chi connectivity index (χ1v) is 4.54. The lowest BCUT2D eigenvalue weighted by molar-refractivity contribution is 0.286. The van der Waals surface area contributed by atoms with Crippen molar-refractivity contribution in [2.75, 3.05) is 13.2 Å². The first kappa shape index (κ1) is 10.2. The predicted octanol–water partition coefficient (Wildman–Crippen LogP) is 0.201. The van der Waals surface area contributed by atoms with Gasteiger partial charge in [-0.15, -0.1) is 0 Å². The second-order valence-corrected chi connectivity index (χ2v) is 3.17. The van der Waals surface area contributed by atoms with Gasteiger partial charge in [-0.2, -0.15) is 5.10 Å². The van der Waals surface area contributed by atoms with Crippen LogP contribution >= 0.6 is 0 Å². The van der Waals surface area contributed by atoms with Crippen molar-refractivity contribution in [1.82, 2.24) is 15.1 Å². The fourth-order valence-corrected chi connectivity index (χ4v) is 1.25. The van der Waals surface area contributed by atoms with E-state index in [0.29, 0.717) is 0 Å². The van der Waals surface area contributed by atoms with Crippen LogP contribution in [-0.4, -0.2) is 28.0 Å². The topological polar surface area (TPSA) is 50.1 Å². The standard InChI is InChI=1S/C9H17N3O/c1-8-9(7-12(2)11-8)6-10-4-3-5-13/h7,10,13H,3-6H2,1-2H3. The Morgan fingerprint density at radius 3 is 2.92 bits per heavy atom. The van der Waals surface area contributed by atoms with Crippen LogP contribution in [0.15, 0.2) is 6.20 Å². The van der Waals surface area contributed by atoms with E-state index in [9.17, 15) is 0 Å². The van der Waals surface area contributed by atoms with Crippen LogP contribution in [-0.2, 0) is 13.6 Å². The molecule has 0 aliphatic carbocycles. The fourth-order valence-electron chi connectivity index (χ4n) is 1.25. The van der Waals surface area contributed by atoms with Gasteiger partial charge in [0.1, 0.15) is 0 Å². The molecule has 0 saturated carbocycles. The summed E-state index contributed by atoms with van der Waals surface area (Å²) in [7, 11) is 1.92. The number of nitrogens with zero attached hydrogens (tertiary/aromatic N) is 2. The number of aliphatic hydroxyl groups excluding tert-OH is 1. The summed E-state index contributed by atoms with van der Waals surface area (Å²) in [5.74, 6) is 0. The molecule has 0 amide bonds. The number of aryl methyl sites for hydroxylation is 2. The van der Waals surface area contributed by atoms with E-state index in [1.807, 2.05) is 24.9 Å². The SMILES string of the molecule is Cc1nn(C)cc1CNCCCO. The molecule has 4 heteroatoms. The summed E-state index contributed by atoms with van der Waals surface area (Å²) in [5, 5.41) is 16.0. The normalized spacial score (nSPS) is 10.7. The first-order chi connectivity index (χ1) is 6.24. The van der Waals surface area contributed by atoms with Gasteiger partial charge in [0, 0.05) is 32.0 Å². The van der Waals surface area contributed by atoms with Crippen molar-refractivity contribution >= 4 is 0 Å². The Labute approximate surface area is 78.6 Å². The molecule has 0 atom stereocenters. The van der Waals surface area contributed by atoms with Crippen LogP contribution in [0.5, 0.6) is 0 Å². The van der Waals surface area contributed by atoms with E-state index in [1.165, 1.54) is 5.56 Å². The van der Waals surface area contributed by atoms with Gasteiger partial charge in [0.15, 0.2) is 0 Å². The number of hydrogen-bond donors (Lipinski definition) is 2. The maximum absolute atomic E-state index is 8.57. The van der Waals surface area contributed by atoms with Gasteiger partial charge >= 0.3 is 0 Å². The van der Waals surface area contributed by atoms with Gasteiger partial charge < -0.3 is 10.4 Å². The molecule has 0 aliphatic heterocycles. The van der Waals surface area contributed by atoms with E-state index in [0.717, 1.165) is 25.2 Å². The zero-order valence-electron chi connectivity index (χ0n) is 8.25. The third kappa shape index (κ3) is 3.16. The lowest BCUT2D eigenvalue weighted by Crippen LogP contribution is -2.15. The largest absolute Gasteiger partial charge is 0.396 e. The second kappa shape index (κ2) is 4.99. The number of aromatic nitrogens is 2. The van der Waals surface area contributed by atoms with Crippen molar-refractivity contribution < 1.29 is 5.11 Å². The monoisotopic (exact) mass is 183 g/mol. The minimum atomic E-state index is 0.249. The second-order valence-electron chi connectivity index (χ2n) is 3.17. The quantitative estimate of drug-likeness (QED) is 0.641. The highest BCUT2D eigenvalue weighted by molar-refractivity contribution is 5.14.